The molecule has 0 bridgehead atoms. The van der Waals surface area contributed by atoms with Gasteiger partial charge in [0.25, 0.3) is 5.56 Å². The number of nitrogens with zero attached hydrogens (tertiary/aromatic N) is 3. The molecule has 0 radical (unpaired) electrons. The lowest BCUT2D eigenvalue weighted by molar-refractivity contribution is -0.402. The minimum Gasteiger partial charge on any atom is -0.409 e. The predicted molar refractivity (Wildman–Crippen MR) is 66.2 cm³/mol. The molecular weight excluding hydrogens is 254 g/mol. The summed E-state index contributed by atoms with van der Waals surface area (Å²) in [6.45, 7) is 1.67. The molecule has 0 aromatic carbocycles. The molecule has 98 valence electrons. The molecule has 0 aliphatic rings. The smallest absolute Gasteiger partial charge is 0.409 e. The van der Waals surface area contributed by atoms with Gasteiger partial charge in [-0.25, -0.2) is 10.4 Å². The third-order valence-corrected chi connectivity index (χ3v) is 2.04. The van der Waals surface area contributed by atoms with Crippen molar-refractivity contribution in [1.29, 1.82) is 0 Å². The first kappa shape index (κ1) is 12.5. The van der Waals surface area contributed by atoms with E-state index in [1.54, 1.807) is 6.92 Å². The Kier molecular flexibility index (Phi) is 3.37. The van der Waals surface area contributed by atoms with E-state index in [0.717, 1.165) is 0 Å². The molecule has 0 aliphatic heterocycles. The van der Waals surface area contributed by atoms with Crippen LogP contribution >= 0.6 is 0 Å². The highest BCUT2D eigenvalue weighted by Gasteiger charge is 2.10. The Bertz CT molecular complexity index is 687. The van der Waals surface area contributed by atoms with Gasteiger partial charge in [0.05, 0.1) is 12.3 Å². The van der Waals surface area contributed by atoms with Crippen LogP contribution in [0.3, 0.4) is 0 Å². The molecule has 2 aromatic heterocycles. The molecule has 0 fully saturated rings. The lowest BCUT2D eigenvalue weighted by Gasteiger charge is -1.98. The Morgan fingerprint density at radius 1 is 1.58 bits per heavy atom. The van der Waals surface area contributed by atoms with Crippen molar-refractivity contribution in [2.75, 3.05) is 5.43 Å². The van der Waals surface area contributed by atoms with E-state index in [4.69, 9.17) is 0 Å². The number of aromatic nitrogens is 2. The Labute approximate surface area is 106 Å². The van der Waals surface area contributed by atoms with Gasteiger partial charge >= 0.3 is 5.88 Å². The first-order valence-corrected chi connectivity index (χ1v) is 5.14. The number of aromatic amines is 1. The number of H-pyrrole nitrogens is 1. The second kappa shape index (κ2) is 5.12. The average Bonchev–Trinajstić information content (AvgIpc) is 2.76. The highest BCUT2D eigenvalue weighted by Crippen LogP contribution is 2.13. The number of anilines is 1. The molecule has 9 heteroatoms. The summed E-state index contributed by atoms with van der Waals surface area (Å²) in [6.07, 6.45) is 2.49. The molecular formula is C10H9N5O4. The lowest BCUT2D eigenvalue weighted by Crippen LogP contribution is -2.10. The second-order valence-corrected chi connectivity index (χ2v) is 3.58. The molecule has 0 aliphatic carbocycles. The highest BCUT2D eigenvalue weighted by atomic mass is 16.6. The van der Waals surface area contributed by atoms with Crippen molar-refractivity contribution in [2.24, 2.45) is 5.10 Å². The molecule has 0 saturated heterocycles. The largest absolute Gasteiger partial charge is 0.433 e. The van der Waals surface area contributed by atoms with Crippen LogP contribution in [0, 0.1) is 17.0 Å². The fourth-order valence-corrected chi connectivity index (χ4v) is 1.30. The van der Waals surface area contributed by atoms with Gasteiger partial charge in [0.1, 0.15) is 11.2 Å². The maximum atomic E-state index is 11.1. The number of nitrogens with one attached hydrogen (secondary N) is 2. The van der Waals surface area contributed by atoms with Crippen molar-refractivity contribution in [3.63, 3.8) is 0 Å². The number of hydrazone groups is 1. The van der Waals surface area contributed by atoms with Crippen molar-refractivity contribution in [2.45, 2.75) is 6.92 Å². The van der Waals surface area contributed by atoms with Gasteiger partial charge in [0, 0.05) is 17.3 Å². The predicted octanol–water partition coefficient (Wildman–Crippen LogP) is 1.03. The molecule has 0 saturated carbocycles. The van der Waals surface area contributed by atoms with Crippen LogP contribution in [0.1, 0.15) is 11.3 Å². The minimum absolute atomic E-state index is 0.180. The van der Waals surface area contributed by atoms with Crippen molar-refractivity contribution in [1.82, 2.24) is 9.97 Å². The topological polar surface area (TPSA) is 126 Å². The summed E-state index contributed by atoms with van der Waals surface area (Å²) < 4.78 is 4.68. The summed E-state index contributed by atoms with van der Waals surface area (Å²) in [4.78, 5) is 27.3. The second-order valence-electron chi connectivity index (χ2n) is 3.58. The van der Waals surface area contributed by atoms with Gasteiger partial charge in [-0.3, -0.25) is 19.9 Å². The zero-order valence-electron chi connectivity index (χ0n) is 9.78. The minimum atomic E-state index is -0.648. The van der Waals surface area contributed by atoms with Crippen LogP contribution in [-0.4, -0.2) is 21.1 Å². The van der Waals surface area contributed by atoms with Gasteiger partial charge in [0.15, 0.2) is 0 Å². The van der Waals surface area contributed by atoms with E-state index in [2.05, 4.69) is 24.9 Å². The van der Waals surface area contributed by atoms with Gasteiger partial charge in [-0.2, -0.15) is 5.10 Å². The van der Waals surface area contributed by atoms with Gasteiger partial charge in [-0.05, 0) is 6.92 Å². The summed E-state index contributed by atoms with van der Waals surface area (Å²) in [7, 11) is 0. The summed E-state index contributed by atoms with van der Waals surface area (Å²) in [6, 6.07) is 2.56. The van der Waals surface area contributed by atoms with Gasteiger partial charge < -0.3 is 4.42 Å². The molecule has 0 amide bonds. The number of hydrogen-bond acceptors (Lipinski definition) is 7. The van der Waals surface area contributed by atoms with Gasteiger partial charge in [0.2, 0.25) is 5.95 Å². The quantitative estimate of drug-likeness (QED) is 0.481. The van der Waals surface area contributed by atoms with E-state index < -0.39 is 4.92 Å². The van der Waals surface area contributed by atoms with Crippen LogP contribution in [0.5, 0.6) is 0 Å². The lowest BCUT2D eigenvalue weighted by atomic mass is 10.4. The molecule has 2 heterocycles. The highest BCUT2D eigenvalue weighted by molar-refractivity contribution is 5.80. The fourth-order valence-electron chi connectivity index (χ4n) is 1.30. The first-order valence-electron chi connectivity index (χ1n) is 5.14. The van der Waals surface area contributed by atoms with E-state index in [9.17, 15) is 14.9 Å². The maximum Gasteiger partial charge on any atom is 0.433 e. The molecule has 2 aromatic rings. The zero-order valence-corrected chi connectivity index (χ0v) is 9.78. The summed E-state index contributed by atoms with van der Waals surface area (Å²) in [5, 5.41) is 14.2. The third kappa shape index (κ3) is 3.25. The summed E-state index contributed by atoms with van der Waals surface area (Å²) >= 11 is 0. The van der Waals surface area contributed by atoms with Crippen LogP contribution < -0.4 is 11.0 Å². The molecule has 9 nitrogen and oxygen atoms in total. The van der Waals surface area contributed by atoms with Crippen LogP contribution in [0.15, 0.2) is 32.7 Å². The standard InChI is InChI=1S/C10H9N5O4/c1-6-2-8(16)13-10(12-6)14-11-4-7-3-9(15(17)18)19-5-7/h2-5H,1H3,(H2,12,13,14,16)/b11-4-. The third-order valence-electron chi connectivity index (χ3n) is 2.04. The van der Waals surface area contributed by atoms with E-state index in [1.807, 2.05) is 0 Å². The van der Waals surface area contributed by atoms with Crippen LogP contribution in [-0.2, 0) is 0 Å². The first-order chi connectivity index (χ1) is 9.04. The number of aryl methyl sites for hydroxylation is 1. The summed E-state index contributed by atoms with van der Waals surface area (Å²) in [5.74, 6) is -0.192. The Morgan fingerprint density at radius 2 is 2.37 bits per heavy atom. The number of rotatable bonds is 4. The Balaban J connectivity index is 2.06. The van der Waals surface area contributed by atoms with Crippen molar-refractivity contribution >= 4 is 18.0 Å². The molecule has 0 unspecified atom stereocenters. The van der Waals surface area contributed by atoms with Crippen molar-refractivity contribution in [3.05, 3.63) is 50.1 Å². The number of nitro groups is 1. The van der Waals surface area contributed by atoms with Crippen molar-refractivity contribution in [3.8, 4) is 0 Å². The molecule has 2 rings (SSSR count). The van der Waals surface area contributed by atoms with E-state index in [0.29, 0.717) is 11.3 Å². The molecule has 19 heavy (non-hydrogen) atoms. The number of furan rings is 1. The van der Waals surface area contributed by atoms with E-state index >= 15 is 0 Å². The van der Waals surface area contributed by atoms with E-state index in [-0.39, 0.29) is 17.4 Å². The molecule has 2 N–H and O–H groups in total. The molecule has 0 atom stereocenters. The van der Waals surface area contributed by atoms with Gasteiger partial charge in [-0.15, -0.1) is 0 Å². The normalized spacial score (nSPS) is 10.8. The van der Waals surface area contributed by atoms with Crippen LogP contribution in [0.2, 0.25) is 0 Å². The summed E-state index contributed by atoms with van der Waals surface area (Å²) in [5.41, 5.74) is 3.16. The Morgan fingerprint density at radius 3 is 3.00 bits per heavy atom. The Hall–Kier alpha value is -2.97. The zero-order chi connectivity index (χ0) is 13.8. The number of hydrogen-bond donors (Lipinski definition) is 2. The monoisotopic (exact) mass is 263 g/mol. The maximum absolute atomic E-state index is 11.1. The average molecular weight is 263 g/mol. The van der Waals surface area contributed by atoms with Crippen LogP contribution in [0.25, 0.3) is 0 Å². The van der Waals surface area contributed by atoms with E-state index in [1.165, 1.54) is 24.6 Å². The molecule has 0 spiro atoms. The van der Waals surface area contributed by atoms with Gasteiger partial charge in [-0.1, -0.05) is 0 Å². The SMILES string of the molecule is Cc1cc(=O)[nH]c(N/N=C\c2coc([N+](=O)[O-])c2)n1. The fraction of sp³-hybridized carbons (Fsp3) is 0.100. The van der Waals surface area contributed by atoms with Crippen molar-refractivity contribution < 1.29 is 9.34 Å². The van der Waals surface area contributed by atoms with Crippen LogP contribution in [0.4, 0.5) is 11.8 Å².